The molecule has 0 rings (SSSR count). The summed E-state index contributed by atoms with van der Waals surface area (Å²) in [5.74, 6) is 0. The van der Waals surface area contributed by atoms with E-state index in [1.165, 1.54) is 0 Å². The van der Waals surface area contributed by atoms with E-state index in [1.807, 2.05) is 0 Å². The van der Waals surface area contributed by atoms with Gasteiger partial charge in [0.15, 0.2) is 12.6 Å². The third-order valence-electron chi connectivity index (χ3n) is 6.48. The summed E-state index contributed by atoms with van der Waals surface area (Å²) in [4.78, 5) is 0. The molecule has 2 atom stereocenters. The number of hydrogen-bond donors (Lipinski definition) is 0. The van der Waals surface area contributed by atoms with Crippen molar-refractivity contribution in [3.8, 4) is 0 Å². The van der Waals surface area contributed by atoms with E-state index in [4.69, 9.17) is 42.6 Å². The summed E-state index contributed by atoms with van der Waals surface area (Å²) in [6, 6.07) is 0. The monoisotopic (exact) mass is 623 g/mol. The van der Waals surface area contributed by atoms with Gasteiger partial charge in [-0.1, -0.05) is 27.7 Å². The summed E-state index contributed by atoms with van der Waals surface area (Å²) in [6.45, 7) is 16.7. The zero-order chi connectivity index (χ0) is 31.3. The fourth-order valence-electron chi connectivity index (χ4n) is 4.12. The molecule has 9 nitrogen and oxygen atoms in total. The highest BCUT2D eigenvalue weighted by Gasteiger charge is 2.10. The van der Waals surface area contributed by atoms with Gasteiger partial charge in [0.2, 0.25) is 0 Å². The molecule has 0 aromatic carbocycles. The molecule has 0 saturated carbocycles. The molecule has 0 amide bonds. The van der Waals surface area contributed by atoms with Crippen LogP contribution in [0.4, 0.5) is 0 Å². The van der Waals surface area contributed by atoms with Gasteiger partial charge in [-0.15, -0.1) is 0 Å². The second kappa shape index (κ2) is 37.8. The second-order valence-electron chi connectivity index (χ2n) is 10.9. The van der Waals surface area contributed by atoms with Gasteiger partial charge in [0.05, 0.1) is 0 Å². The molecule has 0 heterocycles. The van der Waals surface area contributed by atoms with Crippen LogP contribution < -0.4 is 0 Å². The summed E-state index contributed by atoms with van der Waals surface area (Å²) < 4.78 is 51.3. The van der Waals surface area contributed by atoms with Gasteiger partial charge < -0.3 is 42.6 Å². The van der Waals surface area contributed by atoms with Crippen LogP contribution in [0.5, 0.6) is 0 Å². The maximum absolute atomic E-state index is 5.98. The highest BCUT2D eigenvalue weighted by molar-refractivity contribution is 4.51. The van der Waals surface area contributed by atoms with Crippen LogP contribution in [0.3, 0.4) is 0 Å². The Balaban J connectivity index is 3.53. The molecule has 0 fully saturated rings. The maximum Gasteiger partial charge on any atom is 0.157 e. The Labute approximate surface area is 265 Å². The van der Waals surface area contributed by atoms with Crippen LogP contribution in [0.1, 0.15) is 130 Å². The Morgan fingerprint density at radius 3 is 1.07 bits per heavy atom. The fraction of sp³-hybridized carbons (Fsp3) is 1.00. The van der Waals surface area contributed by atoms with Crippen molar-refractivity contribution < 1.29 is 42.6 Å². The van der Waals surface area contributed by atoms with E-state index in [2.05, 4.69) is 27.7 Å². The molecule has 0 aliphatic rings. The smallest absolute Gasteiger partial charge is 0.157 e. The van der Waals surface area contributed by atoms with Gasteiger partial charge in [-0.2, -0.15) is 0 Å². The van der Waals surface area contributed by atoms with Crippen molar-refractivity contribution in [1.29, 1.82) is 0 Å². The molecule has 0 spiro atoms. The van der Waals surface area contributed by atoms with E-state index in [0.29, 0.717) is 13.2 Å². The van der Waals surface area contributed by atoms with E-state index < -0.39 is 0 Å². The van der Waals surface area contributed by atoms with Crippen LogP contribution in [-0.2, 0) is 42.6 Å². The summed E-state index contributed by atoms with van der Waals surface area (Å²) in [6.07, 6.45) is 16.2. The predicted octanol–water partition coefficient (Wildman–Crippen LogP) is 8.02. The molecule has 0 aliphatic carbocycles. The number of rotatable bonds is 38. The molecule has 9 heteroatoms. The van der Waals surface area contributed by atoms with Crippen LogP contribution in [0, 0.1) is 0 Å². The van der Waals surface area contributed by atoms with Crippen molar-refractivity contribution in [2.24, 2.45) is 0 Å². The van der Waals surface area contributed by atoms with Gasteiger partial charge in [-0.05, 0) is 103 Å². The lowest BCUT2D eigenvalue weighted by Crippen LogP contribution is -2.19. The molecule has 2 unspecified atom stereocenters. The number of ether oxygens (including phenoxy) is 9. The van der Waals surface area contributed by atoms with Crippen molar-refractivity contribution in [3.63, 3.8) is 0 Å². The Morgan fingerprint density at radius 2 is 0.651 bits per heavy atom. The maximum atomic E-state index is 5.98. The SMILES string of the molecule is CCCOCCCCC(OCCC)OCCCCCOCOCOCCCCCOC(CCCCOCCC)OCCC. The van der Waals surface area contributed by atoms with E-state index in [1.54, 1.807) is 0 Å². The largest absolute Gasteiger partial charge is 0.381 e. The minimum atomic E-state index is -0.0995. The minimum Gasteiger partial charge on any atom is -0.381 e. The number of unbranched alkanes of at least 4 members (excludes halogenated alkanes) is 6. The summed E-state index contributed by atoms with van der Waals surface area (Å²) in [5, 5.41) is 0. The average molecular weight is 623 g/mol. The fourth-order valence-corrected chi connectivity index (χ4v) is 4.12. The Bertz CT molecular complexity index is 456. The van der Waals surface area contributed by atoms with E-state index >= 15 is 0 Å². The molecule has 0 aromatic heterocycles. The highest BCUT2D eigenvalue weighted by Crippen LogP contribution is 2.11. The zero-order valence-electron chi connectivity index (χ0n) is 28.6. The van der Waals surface area contributed by atoms with Gasteiger partial charge in [-0.3, -0.25) is 0 Å². The van der Waals surface area contributed by atoms with Crippen LogP contribution in [0.2, 0.25) is 0 Å². The Morgan fingerprint density at radius 1 is 0.302 bits per heavy atom. The Hall–Kier alpha value is -0.360. The van der Waals surface area contributed by atoms with Crippen LogP contribution in [-0.4, -0.2) is 92.2 Å². The lowest BCUT2D eigenvalue weighted by Gasteiger charge is -2.18. The standard InChI is InChI=1S/C34H70O9/c1-5-21-35-25-17-11-19-33(40-23-7-3)42-29-15-9-13-27-37-31-39-32-38-28-14-10-16-30-43-34(41-24-8-4)20-12-18-26-36-22-6-2/h33-34H,5-32H2,1-4H3. The van der Waals surface area contributed by atoms with Crippen molar-refractivity contribution in [2.75, 3.05) is 79.7 Å². The summed E-state index contributed by atoms with van der Waals surface area (Å²) in [7, 11) is 0. The first kappa shape index (κ1) is 42.6. The topological polar surface area (TPSA) is 83.1 Å². The van der Waals surface area contributed by atoms with E-state index in [0.717, 1.165) is 156 Å². The predicted molar refractivity (Wildman–Crippen MR) is 172 cm³/mol. The third-order valence-corrected chi connectivity index (χ3v) is 6.48. The van der Waals surface area contributed by atoms with E-state index in [9.17, 15) is 0 Å². The molecule has 260 valence electrons. The summed E-state index contributed by atoms with van der Waals surface area (Å²) >= 11 is 0. The zero-order valence-corrected chi connectivity index (χ0v) is 28.6. The van der Waals surface area contributed by atoms with Crippen LogP contribution in [0.15, 0.2) is 0 Å². The van der Waals surface area contributed by atoms with Gasteiger partial charge in [-0.25, -0.2) is 0 Å². The molecule has 0 radical (unpaired) electrons. The Kier molecular flexibility index (Phi) is 37.5. The minimum absolute atomic E-state index is 0.0995. The normalized spacial score (nSPS) is 13.1. The molecular formula is C34H70O9. The average Bonchev–Trinajstić information content (AvgIpc) is 3.02. The first-order valence-corrected chi connectivity index (χ1v) is 17.6. The van der Waals surface area contributed by atoms with Crippen molar-refractivity contribution >= 4 is 0 Å². The van der Waals surface area contributed by atoms with Gasteiger partial charge in [0.1, 0.15) is 13.6 Å². The van der Waals surface area contributed by atoms with Gasteiger partial charge in [0, 0.05) is 66.1 Å². The number of hydrogen-bond acceptors (Lipinski definition) is 9. The van der Waals surface area contributed by atoms with Gasteiger partial charge >= 0.3 is 0 Å². The molecule has 0 N–H and O–H groups in total. The highest BCUT2D eigenvalue weighted by atomic mass is 16.7. The van der Waals surface area contributed by atoms with Crippen LogP contribution in [0.25, 0.3) is 0 Å². The van der Waals surface area contributed by atoms with Crippen molar-refractivity contribution in [1.82, 2.24) is 0 Å². The van der Waals surface area contributed by atoms with Crippen molar-refractivity contribution in [3.05, 3.63) is 0 Å². The van der Waals surface area contributed by atoms with Gasteiger partial charge in [0.25, 0.3) is 0 Å². The summed E-state index contributed by atoms with van der Waals surface area (Å²) in [5.41, 5.74) is 0. The van der Waals surface area contributed by atoms with Crippen molar-refractivity contribution in [2.45, 2.75) is 143 Å². The molecule has 43 heavy (non-hydrogen) atoms. The second-order valence-corrected chi connectivity index (χ2v) is 10.9. The molecule has 0 aliphatic heterocycles. The molecule has 0 bridgehead atoms. The lowest BCUT2D eigenvalue weighted by molar-refractivity contribution is -0.148. The third kappa shape index (κ3) is 34.4. The molecule has 0 aromatic rings. The lowest BCUT2D eigenvalue weighted by atomic mass is 10.2. The van der Waals surface area contributed by atoms with Crippen LogP contribution >= 0.6 is 0 Å². The quantitative estimate of drug-likeness (QED) is 0.0502. The first-order chi connectivity index (χ1) is 21.3. The molecule has 0 saturated heterocycles. The molecular weight excluding hydrogens is 552 g/mol. The van der Waals surface area contributed by atoms with E-state index in [-0.39, 0.29) is 26.2 Å². The first-order valence-electron chi connectivity index (χ1n) is 17.6.